The van der Waals surface area contributed by atoms with Crippen LogP contribution in [0.25, 0.3) is 11.0 Å². The molecule has 0 saturated carbocycles. The van der Waals surface area contributed by atoms with Crippen LogP contribution in [-0.2, 0) is 16.6 Å². The van der Waals surface area contributed by atoms with Gasteiger partial charge in [-0.2, -0.15) is 0 Å². The number of aliphatic hydroxyl groups is 1. The summed E-state index contributed by atoms with van der Waals surface area (Å²) in [5, 5.41) is 11.7. The Morgan fingerprint density at radius 2 is 1.81 bits per heavy atom. The second-order valence-corrected chi connectivity index (χ2v) is 10.5. The summed E-state index contributed by atoms with van der Waals surface area (Å²) >= 11 is 6.30. The molecule has 0 radical (unpaired) electrons. The van der Waals surface area contributed by atoms with Gasteiger partial charge in [0.1, 0.15) is 5.52 Å². The Labute approximate surface area is 216 Å². The third kappa shape index (κ3) is 4.72. The number of anilines is 1. The minimum Gasteiger partial charge on any atom is -0.385 e. The maximum atomic E-state index is 13.2. The van der Waals surface area contributed by atoms with Crippen molar-refractivity contribution in [2.75, 3.05) is 17.8 Å². The highest BCUT2D eigenvalue weighted by Crippen LogP contribution is 2.37. The lowest BCUT2D eigenvalue weighted by atomic mass is 9.84. The number of benzene rings is 3. The second kappa shape index (κ2) is 9.97. The van der Waals surface area contributed by atoms with Gasteiger partial charge in [-0.05, 0) is 61.7 Å². The Bertz CT molecular complexity index is 1470. The monoisotopic (exact) mass is 520 g/mol. The largest absolute Gasteiger partial charge is 0.385 e. The Morgan fingerprint density at radius 1 is 1.06 bits per heavy atom. The highest BCUT2D eigenvalue weighted by molar-refractivity contribution is 7.86. The van der Waals surface area contributed by atoms with Crippen molar-refractivity contribution < 1.29 is 14.1 Å². The van der Waals surface area contributed by atoms with Crippen molar-refractivity contribution in [1.82, 2.24) is 14.9 Å². The Kier molecular flexibility index (Phi) is 6.75. The van der Waals surface area contributed by atoms with Crippen LogP contribution in [0.1, 0.15) is 34.3 Å². The maximum absolute atomic E-state index is 13.2. The number of fused-ring (bicyclic) bond motifs is 1. The molecule has 9 heteroatoms. The molecule has 1 atom stereocenters. The van der Waals surface area contributed by atoms with Crippen LogP contribution in [0.3, 0.4) is 0 Å². The number of piperidine rings is 1. The molecule has 1 aliphatic heterocycles. The summed E-state index contributed by atoms with van der Waals surface area (Å²) in [7, 11) is -1.56. The minimum atomic E-state index is -1.56. The molecule has 36 heavy (non-hydrogen) atoms. The number of hydrogen-bond acceptors (Lipinski definition) is 5. The molecule has 4 aromatic rings. The van der Waals surface area contributed by atoms with Gasteiger partial charge in [-0.15, -0.1) is 0 Å². The molecule has 1 saturated heterocycles. The number of carbonyl (C=O) groups excluding carboxylic acids is 1. The van der Waals surface area contributed by atoms with Gasteiger partial charge in [0.2, 0.25) is 0 Å². The third-order valence-electron chi connectivity index (χ3n) is 6.59. The standard InChI is InChI=1S/C27H25ClN4O3S/c1-18-17-19(26(33)32-15-11-27(34,12-16-32)20-5-2-3-6-21(20)28)9-10-22(18)31-36(35)24-8-4-7-23-25(24)30-14-13-29-23/h2-10,13-14,17,31,34H,11-12,15-16H2,1H3. The molecule has 0 spiro atoms. The Morgan fingerprint density at radius 3 is 2.56 bits per heavy atom. The first kappa shape index (κ1) is 24.4. The quantitative estimate of drug-likeness (QED) is 0.392. The van der Waals surface area contributed by atoms with Gasteiger partial charge in [-0.25, -0.2) is 4.21 Å². The fourth-order valence-corrected chi connectivity index (χ4v) is 5.94. The number of halogens is 1. The molecular formula is C27H25ClN4O3S. The molecule has 1 unspecified atom stereocenters. The molecule has 1 aliphatic rings. The van der Waals surface area contributed by atoms with Crippen LogP contribution in [0, 0.1) is 6.92 Å². The molecule has 2 heterocycles. The number of rotatable bonds is 5. The number of aromatic nitrogens is 2. The van der Waals surface area contributed by atoms with Gasteiger partial charge in [-0.1, -0.05) is 35.9 Å². The van der Waals surface area contributed by atoms with Crippen molar-refractivity contribution in [3.8, 4) is 0 Å². The second-order valence-electron chi connectivity index (χ2n) is 8.88. The van der Waals surface area contributed by atoms with E-state index in [1.165, 1.54) is 0 Å². The molecule has 1 amide bonds. The lowest BCUT2D eigenvalue weighted by molar-refractivity contribution is -0.0210. The molecule has 1 fully saturated rings. The number of nitrogens with zero attached hydrogens (tertiary/aromatic N) is 3. The van der Waals surface area contributed by atoms with E-state index in [2.05, 4.69) is 14.7 Å². The average molecular weight is 521 g/mol. The molecular weight excluding hydrogens is 496 g/mol. The summed E-state index contributed by atoms with van der Waals surface area (Å²) in [6, 6.07) is 18.0. The molecule has 0 aliphatic carbocycles. The van der Waals surface area contributed by atoms with Gasteiger partial charge in [0, 0.05) is 47.3 Å². The van der Waals surface area contributed by atoms with Gasteiger partial charge in [0.15, 0.2) is 11.0 Å². The zero-order chi connectivity index (χ0) is 25.3. The summed E-state index contributed by atoms with van der Waals surface area (Å²) in [5.41, 5.74) is 2.92. The molecule has 0 bridgehead atoms. The van der Waals surface area contributed by atoms with Crippen LogP contribution in [0.5, 0.6) is 0 Å². The highest BCUT2D eigenvalue weighted by atomic mass is 35.5. The lowest BCUT2D eigenvalue weighted by Gasteiger charge is -2.39. The van der Waals surface area contributed by atoms with Crippen LogP contribution in [0.2, 0.25) is 5.02 Å². The zero-order valence-corrected chi connectivity index (χ0v) is 21.2. The van der Waals surface area contributed by atoms with E-state index in [1.807, 2.05) is 31.2 Å². The summed E-state index contributed by atoms with van der Waals surface area (Å²) < 4.78 is 16.1. The number of likely N-dealkylation sites (tertiary alicyclic amines) is 1. The summed E-state index contributed by atoms with van der Waals surface area (Å²) in [6.07, 6.45) is 3.99. The predicted octanol–water partition coefficient (Wildman–Crippen LogP) is 4.85. The molecule has 184 valence electrons. The van der Waals surface area contributed by atoms with Gasteiger partial charge in [-0.3, -0.25) is 14.8 Å². The molecule has 1 aromatic heterocycles. The topological polar surface area (TPSA) is 95.4 Å². The molecule has 7 nitrogen and oxygen atoms in total. The van der Waals surface area contributed by atoms with Crippen LogP contribution < -0.4 is 4.72 Å². The summed E-state index contributed by atoms with van der Waals surface area (Å²) in [5.74, 6) is -0.101. The minimum absolute atomic E-state index is 0.101. The van der Waals surface area contributed by atoms with Gasteiger partial charge in [0.05, 0.1) is 16.0 Å². The van der Waals surface area contributed by atoms with Crippen LogP contribution >= 0.6 is 11.6 Å². The van der Waals surface area contributed by atoms with Crippen molar-refractivity contribution in [3.05, 3.63) is 94.8 Å². The number of amides is 1. The molecule has 2 N–H and O–H groups in total. The smallest absolute Gasteiger partial charge is 0.253 e. The normalized spacial score (nSPS) is 16.0. The van der Waals surface area contributed by atoms with E-state index in [0.29, 0.717) is 63.7 Å². The van der Waals surface area contributed by atoms with Crippen LogP contribution in [0.15, 0.2) is 78.0 Å². The van der Waals surface area contributed by atoms with E-state index in [0.717, 1.165) is 5.56 Å². The lowest BCUT2D eigenvalue weighted by Crippen LogP contribution is -2.45. The number of nitrogens with one attached hydrogen (secondary N) is 1. The van der Waals surface area contributed by atoms with Crippen molar-refractivity contribution in [3.63, 3.8) is 0 Å². The molecule has 5 rings (SSSR count). The van der Waals surface area contributed by atoms with Crippen molar-refractivity contribution in [1.29, 1.82) is 0 Å². The fourth-order valence-electron chi connectivity index (χ4n) is 4.55. The first-order chi connectivity index (χ1) is 17.4. The highest BCUT2D eigenvalue weighted by Gasteiger charge is 2.37. The zero-order valence-electron chi connectivity index (χ0n) is 19.6. The van der Waals surface area contributed by atoms with Crippen molar-refractivity contribution >= 4 is 45.2 Å². The first-order valence-corrected chi connectivity index (χ1v) is 13.1. The van der Waals surface area contributed by atoms with Crippen molar-refractivity contribution in [2.24, 2.45) is 0 Å². The molecule has 3 aromatic carbocycles. The fraction of sp³-hybridized carbons (Fsp3) is 0.222. The number of hydrogen-bond donors (Lipinski definition) is 2. The SMILES string of the molecule is Cc1cc(C(=O)N2CCC(O)(c3ccccc3Cl)CC2)ccc1NS(=O)c1cccc2nccnc12. The first-order valence-electron chi connectivity index (χ1n) is 11.6. The maximum Gasteiger partial charge on any atom is 0.253 e. The van der Waals surface area contributed by atoms with E-state index >= 15 is 0 Å². The number of aryl methyl sites for hydroxylation is 1. The van der Waals surface area contributed by atoms with E-state index in [1.54, 1.807) is 53.7 Å². The van der Waals surface area contributed by atoms with Crippen LogP contribution in [-0.4, -0.2) is 43.2 Å². The van der Waals surface area contributed by atoms with E-state index in [9.17, 15) is 14.1 Å². The van der Waals surface area contributed by atoms with E-state index in [4.69, 9.17) is 11.6 Å². The number of carbonyl (C=O) groups is 1. The summed E-state index contributed by atoms with van der Waals surface area (Å²) in [4.78, 5) is 24.1. The number of para-hydroxylation sites is 1. The van der Waals surface area contributed by atoms with Crippen LogP contribution in [0.4, 0.5) is 5.69 Å². The van der Waals surface area contributed by atoms with Gasteiger partial charge >= 0.3 is 0 Å². The van der Waals surface area contributed by atoms with Gasteiger partial charge < -0.3 is 14.7 Å². The average Bonchev–Trinajstić information content (AvgIpc) is 2.89. The van der Waals surface area contributed by atoms with Crippen molar-refractivity contribution in [2.45, 2.75) is 30.3 Å². The van der Waals surface area contributed by atoms with E-state index in [-0.39, 0.29) is 5.91 Å². The van der Waals surface area contributed by atoms with Gasteiger partial charge in [0.25, 0.3) is 5.91 Å². The predicted molar refractivity (Wildman–Crippen MR) is 141 cm³/mol. The third-order valence-corrected chi connectivity index (χ3v) is 8.05. The van der Waals surface area contributed by atoms with E-state index < -0.39 is 16.6 Å². The summed E-state index contributed by atoms with van der Waals surface area (Å²) in [6.45, 7) is 2.71. The Balaban J connectivity index is 1.28. The Hall–Kier alpha value is -3.33.